The number of amidine groups is 1. The van der Waals surface area contributed by atoms with Gasteiger partial charge >= 0.3 is 6.03 Å². The van der Waals surface area contributed by atoms with E-state index in [1.54, 1.807) is 94.4 Å². The van der Waals surface area contributed by atoms with Crippen LogP contribution < -0.4 is 45.4 Å². The first-order valence-corrected chi connectivity index (χ1v) is 37.0. The fourth-order valence-corrected chi connectivity index (χ4v) is 13.8. The number of hydrogen-bond acceptors (Lipinski definition) is 15. The summed E-state index contributed by atoms with van der Waals surface area (Å²) >= 11 is 30.7. The second-order valence-electron chi connectivity index (χ2n) is 26.4. The highest BCUT2D eigenvalue weighted by molar-refractivity contribution is 7.92. The maximum absolute atomic E-state index is 14.0. The highest BCUT2D eigenvalue weighted by atomic mass is 35.5. The Balaban J connectivity index is 0.000000193. The number of fused-ring (bicyclic) bond motifs is 1. The molecule has 8 aromatic carbocycles. The van der Waals surface area contributed by atoms with Gasteiger partial charge in [-0.2, -0.15) is 10.1 Å². The third kappa shape index (κ3) is 19.7. The van der Waals surface area contributed by atoms with Gasteiger partial charge in [0.2, 0.25) is 12.3 Å². The van der Waals surface area contributed by atoms with Crippen LogP contribution in [0.4, 0.5) is 38.9 Å². The van der Waals surface area contributed by atoms with Crippen LogP contribution in [0.1, 0.15) is 84.3 Å². The molecule has 1 fully saturated rings. The molecule has 3 aliphatic heterocycles. The van der Waals surface area contributed by atoms with Gasteiger partial charge in [0.25, 0.3) is 51.4 Å². The van der Waals surface area contributed by atoms with Crippen molar-refractivity contribution in [2.45, 2.75) is 111 Å². The van der Waals surface area contributed by atoms with Crippen LogP contribution in [0.5, 0.6) is 11.5 Å². The van der Waals surface area contributed by atoms with Gasteiger partial charge in [-0.05, 0) is 161 Å². The van der Waals surface area contributed by atoms with E-state index in [4.69, 9.17) is 72.2 Å². The molecule has 9 amide bonds. The number of ketones is 1. The summed E-state index contributed by atoms with van der Waals surface area (Å²) in [6.07, 6.45) is -2.51. The lowest BCUT2D eigenvalue weighted by atomic mass is 9.87. The van der Waals surface area contributed by atoms with E-state index in [1.165, 1.54) is 67.6 Å². The van der Waals surface area contributed by atoms with Gasteiger partial charge in [-0.3, -0.25) is 48.0 Å². The summed E-state index contributed by atoms with van der Waals surface area (Å²) < 4.78 is 45.6. The van der Waals surface area contributed by atoms with Crippen molar-refractivity contribution < 1.29 is 65.8 Å². The highest BCUT2D eigenvalue weighted by Gasteiger charge is 2.53. The molecule has 0 bridgehead atoms. The van der Waals surface area contributed by atoms with Crippen LogP contribution in [0.3, 0.4) is 0 Å². The van der Waals surface area contributed by atoms with Crippen LogP contribution in [0.2, 0.25) is 25.1 Å². The second kappa shape index (κ2) is 35.1. The van der Waals surface area contributed by atoms with E-state index in [0.717, 1.165) is 37.7 Å². The standard InChI is InChI=1S/C29H28ClN5O7S.C28H25Cl3N4O4.C21H24ClNO3/c1-17-12-13-19(43(40,41)32-21-10-6-5-9-20(21)30)16-22(17)31-25(36)24(35-27(38)28(42-3)33(2)29(35)39)26(37)34-15-14-18-8-4-7-11-23(18)34;1-4-22(39-23-9-8-15(2)10-16(23)3)28(38)32-19-7-5-6-17(11-19)27(37)33-24-14-25(36)35(34-24)26-20(30)12-18(29)13-21(26)31;1-13-6-9-15(10-7-13)26-18(19(24)21(3,4)5)20(25)23-17-12-14(2)8-11-16(17)22/h4-13,16,24,28,32H,14-15H2,1-3H3,(H,31,36);5-13,22H,4,14H2,1-3H3,(H,32,38)(H,33,34,37);6-12,18H,1-5H3,(H,23,25). The lowest BCUT2D eigenvalue weighted by Gasteiger charge is -2.28. The first kappa shape index (κ1) is 81.7. The SMILES string of the molecule is CCC(Oc1ccc(C)cc1C)C(=O)Nc1cccc(C(=O)NC2=NN(c3c(Cl)cc(Cl)cc3Cl)C(=O)C2)c1.COC1C(=O)N(C(C(=O)Nc2cc(S(=O)(=O)Nc3ccccc3Cl)ccc2C)C(=O)N2CCc3ccccc32)C(=O)N1C.Cc1ccc(OC(C(=O)Nc2cc(C)ccc2Cl)C(=O)C(C)(C)C)cc1. The minimum absolute atomic E-state index is 0.0578. The summed E-state index contributed by atoms with van der Waals surface area (Å²) in [5.41, 5.74) is 6.75. The molecular formula is C78H77Cl5N10O14S. The van der Waals surface area contributed by atoms with Crippen molar-refractivity contribution in [2.75, 3.05) is 51.3 Å². The van der Waals surface area contributed by atoms with E-state index in [9.17, 15) is 51.6 Å². The molecule has 3 heterocycles. The van der Waals surface area contributed by atoms with Gasteiger partial charge in [-0.25, -0.2) is 18.1 Å². The fourth-order valence-electron chi connectivity index (χ4n) is 11.3. The number of urea groups is 1. The molecule has 4 unspecified atom stereocenters. The second-order valence-corrected chi connectivity index (χ2v) is 30.1. The zero-order valence-corrected chi connectivity index (χ0v) is 65.1. The molecule has 1 saturated heterocycles. The molecule has 108 heavy (non-hydrogen) atoms. The topological polar surface area (TPSA) is 301 Å². The van der Waals surface area contributed by atoms with Crippen molar-refractivity contribution >= 4 is 161 Å². The van der Waals surface area contributed by atoms with Crippen LogP contribution in [-0.4, -0.2) is 122 Å². The lowest BCUT2D eigenvalue weighted by Crippen LogP contribution is -2.57. The van der Waals surface area contributed by atoms with Crippen LogP contribution in [-0.2, 0) is 54.7 Å². The molecule has 0 aliphatic carbocycles. The highest BCUT2D eigenvalue weighted by Crippen LogP contribution is 2.39. The molecule has 5 N–H and O–H groups in total. The van der Waals surface area contributed by atoms with E-state index in [0.29, 0.717) is 61.9 Å². The first-order valence-electron chi connectivity index (χ1n) is 33.6. The normalized spacial score (nSPS) is 14.8. The minimum atomic E-state index is -4.15. The number of rotatable bonds is 20. The Morgan fingerprint density at radius 3 is 1.93 bits per heavy atom. The monoisotopic (exact) mass is 1580 g/mol. The number of anilines is 6. The molecule has 24 nitrogen and oxygen atoms in total. The number of sulfonamides is 1. The summed E-state index contributed by atoms with van der Waals surface area (Å²) in [7, 11) is -1.59. The Labute approximate surface area is 649 Å². The molecule has 30 heteroatoms. The van der Waals surface area contributed by atoms with Crippen molar-refractivity contribution in [3.8, 4) is 11.5 Å². The number of carbonyl (C=O) groups excluding carboxylic acids is 9. The number of hydrogen-bond donors (Lipinski definition) is 5. The molecule has 4 atom stereocenters. The van der Waals surface area contributed by atoms with Crippen LogP contribution in [0.15, 0.2) is 174 Å². The van der Waals surface area contributed by atoms with Crippen molar-refractivity contribution in [2.24, 2.45) is 10.5 Å². The molecule has 8 aromatic rings. The summed E-state index contributed by atoms with van der Waals surface area (Å²) in [4.78, 5) is 121. The molecule has 0 saturated carbocycles. The predicted molar refractivity (Wildman–Crippen MR) is 418 cm³/mol. The van der Waals surface area contributed by atoms with E-state index in [-0.39, 0.29) is 73.1 Å². The number of carbonyl (C=O) groups is 9. The average molecular weight is 1590 g/mol. The van der Waals surface area contributed by atoms with Gasteiger partial charge in [0, 0.05) is 53.8 Å². The Morgan fingerprint density at radius 2 is 1.27 bits per heavy atom. The van der Waals surface area contributed by atoms with Crippen LogP contribution in [0, 0.1) is 40.0 Å². The molecule has 564 valence electrons. The number of methoxy groups -OCH3 is 1. The third-order valence-electron chi connectivity index (χ3n) is 17.1. The molecule has 11 rings (SSSR count). The number of halogens is 5. The number of Topliss-reactive ketones (excluding diaryl/α,β-unsaturated/α-hetero) is 1. The Hall–Kier alpha value is -10.4. The number of hydrazone groups is 1. The van der Waals surface area contributed by atoms with E-state index < -0.39 is 81.4 Å². The lowest BCUT2D eigenvalue weighted by molar-refractivity contribution is -0.146. The Morgan fingerprint density at radius 1 is 0.630 bits per heavy atom. The molecular weight excluding hydrogens is 1510 g/mol. The van der Waals surface area contributed by atoms with E-state index in [2.05, 4.69) is 31.1 Å². The number of benzene rings is 8. The Bertz CT molecular complexity index is 4980. The van der Waals surface area contributed by atoms with Crippen molar-refractivity contribution in [1.29, 1.82) is 0 Å². The van der Waals surface area contributed by atoms with Gasteiger partial charge in [-0.15, -0.1) is 0 Å². The molecule has 0 spiro atoms. The zero-order valence-electron chi connectivity index (χ0n) is 60.5. The van der Waals surface area contributed by atoms with Gasteiger partial charge < -0.3 is 40.4 Å². The third-order valence-corrected chi connectivity index (χ3v) is 19.9. The number of ether oxygens (including phenoxy) is 3. The minimum Gasteiger partial charge on any atom is -0.480 e. The Kier molecular flexibility index (Phi) is 26.6. The number of nitrogens with one attached hydrogen (secondary N) is 5. The predicted octanol–water partition coefficient (Wildman–Crippen LogP) is 14.7. The molecule has 0 aromatic heterocycles. The number of amides is 9. The smallest absolute Gasteiger partial charge is 0.330 e. The fraction of sp³-hybridized carbons (Fsp3) is 0.256. The van der Waals surface area contributed by atoms with E-state index >= 15 is 0 Å². The van der Waals surface area contributed by atoms with Crippen molar-refractivity contribution in [3.63, 3.8) is 0 Å². The first-order chi connectivity index (χ1) is 51.1. The molecule has 3 aliphatic rings. The number of aryl methyl sites for hydroxylation is 5. The summed E-state index contributed by atoms with van der Waals surface area (Å²) in [6, 6.07) is 42.3. The number of imide groups is 1. The van der Waals surface area contributed by atoms with Gasteiger partial charge in [0.15, 0.2) is 17.9 Å². The van der Waals surface area contributed by atoms with Crippen LogP contribution >= 0.6 is 58.0 Å². The van der Waals surface area contributed by atoms with E-state index in [1.807, 2.05) is 83.1 Å². The van der Waals surface area contributed by atoms with Gasteiger partial charge in [-0.1, -0.05) is 170 Å². The number of para-hydroxylation sites is 2. The van der Waals surface area contributed by atoms with Crippen LogP contribution in [0.25, 0.3) is 0 Å². The van der Waals surface area contributed by atoms with Crippen molar-refractivity contribution in [3.05, 3.63) is 228 Å². The summed E-state index contributed by atoms with van der Waals surface area (Å²) in [5, 5.41) is 17.2. The largest absolute Gasteiger partial charge is 0.480 e. The van der Waals surface area contributed by atoms with Crippen molar-refractivity contribution in [1.82, 2.24) is 15.1 Å². The molecule has 0 radical (unpaired) electrons. The maximum Gasteiger partial charge on any atom is 0.330 e. The van der Waals surface area contributed by atoms with Gasteiger partial charge in [0.05, 0.1) is 42.8 Å². The maximum atomic E-state index is 14.0. The average Bonchev–Trinajstić information content (AvgIpc) is 1.61. The summed E-state index contributed by atoms with van der Waals surface area (Å²) in [5.74, 6) is -3.58. The van der Waals surface area contributed by atoms with Gasteiger partial charge in [0.1, 0.15) is 23.0 Å². The number of likely N-dealkylation sites (N-methyl/N-ethyl adjacent to an activating group) is 1. The number of nitrogens with zero attached hydrogens (tertiary/aromatic N) is 5. The zero-order chi connectivity index (χ0) is 78.8. The summed E-state index contributed by atoms with van der Waals surface area (Å²) in [6.45, 7) is 16.8. The quantitative estimate of drug-likeness (QED) is 0.0350.